The summed E-state index contributed by atoms with van der Waals surface area (Å²) >= 11 is 5.85. The smallest absolute Gasteiger partial charge is 0.234 e. The van der Waals surface area contributed by atoms with Gasteiger partial charge in [0, 0.05) is 0 Å². The lowest BCUT2D eigenvalue weighted by molar-refractivity contribution is 0.468. The molecule has 0 aliphatic heterocycles. The summed E-state index contributed by atoms with van der Waals surface area (Å²) in [7, 11) is 0. The normalized spacial score (nSPS) is 10.9. The van der Waals surface area contributed by atoms with Gasteiger partial charge in [0.2, 0.25) is 11.2 Å². The number of benzene rings is 1. The Hall–Kier alpha value is -2.14. The summed E-state index contributed by atoms with van der Waals surface area (Å²) in [4.78, 5) is 8.12. The summed E-state index contributed by atoms with van der Waals surface area (Å²) in [5, 5.41) is 7.47. The van der Waals surface area contributed by atoms with Gasteiger partial charge in [-0.25, -0.2) is 0 Å². The van der Waals surface area contributed by atoms with E-state index in [1.54, 1.807) is 6.20 Å². The number of ether oxygens (including phenoxy) is 1. The summed E-state index contributed by atoms with van der Waals surface area (Å²) in [6.07, 6.45) is 1.61. The Bertz CT molecular complexity index is 753. The van der Waals surface area contributed by atoms with E-state index in [2.05, 4.69) is 27.1 Å². The van der Waals surface area contributed by atoms with Crippen molar-refractivity contribution in [2.24, 2.45) is 0 Å². The Morgan fingerprint density at radius 2 is 2.00 bits per heavy atom. The van der Waals surface area contributed by atoms with Gasteiger partial charge in [-0.3, -0.25) is 5.10 Å². The Balaban J connectivity index is 2.04. The number of fused-ring (bicyclic) bond motifs is 1. The number of rotatable bonds is 2. The van der Waals surface area contributed by atoms with Crippen LogP contribution < -0.4 is 4.74 Å². The Labute approximate surface area is 114 Å². The summed E-state index contributed by atoms with van der Waals surface area (Å²) in [5.74, 6) is 1.10. The largest absolute Gasteiger partial charge is 0.438 e. The Morgan fingerprint density at radius 1 is 1.16 bits per heavy atom. The second-order valence-electron chi connectivity index (χ2n) is 4.28. The van der Waals surface area contributed by atoms with Crippen LogP contribution in [-0.2, 0) is 0 Å². The third-order valence-electron chi connectivity index (χ3n) is 2.94. The first-order chi connectivity index (χ1) is 9.13. The highest BCUT2D eigenvalue weighted by atomic mass is 35.5. The number of halogens is 1. The van der Waals surface area contributed by atoms with Gasteiger partial charge in [0.1, 0.15) is 11.1 Å². The SMILES string of the molecule is Cc1ccc(Oc2nc(Cl)nc3[nH]ncc23)cc1C. The molecular formula is C13H11ClN4O. The van der Waals surface area contributed by atoms with E-state index in [0.29, 0.717) is 22.7 Å². The van der Waals surface area contributed by atoms with Crippen LogP contribution in [-0.4, -0.2) is 20.2 Å². The molecule has 1 aromatic carbocycles. The number of aromatic nitrogens is 4. The molecule has 0 spiro atoms. The molecule has 1 N–H and O–H groups in total. The molecule has 19 heavy (non-hydrogen) atoms. The van der Waals surface area contributed by atoms with Crippen LogP contribution in [0.2, 0.25) is 5.28 Å². The van der Waals surface area contributed by atoms with Gasteiger partial charge in [0.15, 0.2) is 5.65 Å². The lowest BCUT2D eigenvalue weighted by Gasteiger charge is -2.07. The average Bonchev–Trinajstić information content (AvgIpc) is 2.82. The van der Waals surface area contributed by atoms with Crippen LogP contribution in [0.25, 0.3) is 11.0 Å². The van der Waals surface area contributed by atoms with E-state index in [1.807, 2.05) is 25.1 Å². The molecule has 2 aromatic heterocycles. The van der Waals surface area contributed by atoms with Crippen LogP contribution in [0, 0.1) is 13.8 Å². The number of aryl methyl sites for hydroxylation is 2. The lowest BCUT2D eigenvalue weighted by atomic mass is 10.1. The average molecular weight is 275 g/mol. The molecule has 0 fully saturated rings. The maximum Gasteiger partial charge on any atom is 0.234 e. The molecule has 0 saturated heterocycles. The van der Waals surface area contributed by atoms with E-state index in [0.717, 1.165) is 5.56 Å². The Morgan fingerprint density at radius 3 is 2.79 bits per heavy atom. The second kappa shape index (κ2) is 4.51. The van der Waals surface area contributed by atoms with Crippen LogP contribution >= 0.6 is 11.6 Å². The highest BCUT2D eigenvalue weighted by Crippen LogP contribution is 2.28. The molecule has 0 unspecified atom stereocenters. The van der Waals surface area contributed by atoms with E-state index in [1.165, 1.54) is 5.56 Å². The zero-order valence-corrected chi connectivity index (χ0v) is 11.2. The van der Waals surface area contributed by atoms with E-state index in [4.69, 9.17) is 16.3 Å². The van der Waals surface area contributed by atoms with E-state index in [-0.39, 0.29) is 5.28 Å². The predicted octanol–water partition coefficient (Wildman–Crippen LogP) is 3.42. The van der Waals surface area contributed by atoms with Crippen LogP contribution in [0.1, 0.15) is 11.1 Å². The maximum absolute atomic E-state index is 5.85. The van der Waals surface area contributed by atoms with Crippen molar-refractivity contribution in [3.8, 4) is 11.6 Å². The van der Waals surface area contributed by atoms with Crippen molar-refractivity contribution in [1.29, 1.82) is 0 Å². The summed E-state index contributed by atoms with van der Waals surface area (Å²) in [5.41, 5.74) is 2.92. The van der Waals surface area contributed by atoms with E-state index >= 15 is 0 Å². The molecule has 0 atom stereocenters. The minimum Gasteiger partial charge on any atom is -0.438 e. The van der Waals surface area contributed by atoms with Crippen molar-refractivity contribution in [3.05, 3.63) is 40.8 Å². The molecule has 0 aliphatic carbocycles. The van der Waals surface area contributed by atoms with Gasteiger partial charge in [-0.1, -0.05) is 6.07 Å². The zero-order valence-electron chi connectivity index (χ0n) is 10.4. The van der Waals surface area contributed by atoms with Gasteiger partial charge < -0.3 is 4.74 Å². The lowest BCUT2D eigenvalue weighted by Crippen LogP contribution is -1.93. The van der Waals surface area contributed by atoms with Gasteiger partial charge in [0.05, 0.1) is 6.20 Å². The molecule has 0 bridgehead atoms. The maximum atomic E-state index is 5.85. The van der Waals surface area contributed by atoms with E-state index in [9.17, 15) is 0 Å². The van der Waals surface area contributed by atoms with Gasteiger partial charge in [-0.15, -0.1) is 0 Å². The summed E-state index contributed by atoms with van der Waals surface area (Å²) in [6.45, 7) is 4.08. The van der Waals surface area contributed by atoms with Crippen molar-refractivity contribution in [3.63, 3.8) is 0 Å². The third-order valence-corrected chi connectivity index (χ3v) is 3.11. The van der Waals surface area contributed by atoms with Crippen molar-refractivity contribution in [1.82, 2.24) is 20.2 Å². The van der Waals surface area contributed by atoms with Gasteiger partial charge in [0.25, 0.3) is 0 Å². The highest BCUT2D eigenvalue weighted by molar-refractivity contribution is 6.28. The standard InChI is InChI=1S/C13H11ClN4O/c1-7-3-4-9(5-8(7)2)19-12-10-6-15-18-11(10)16-13(14)17-12/h3-6H,1-2H3,(H,15,16,17,18). The number of hydrogen-bond acceptors (Lipinski definition) is 4. The van der Waals surface area contributed by atoms with Crippen molar-refractivity contribution in [2.45, 2.75) is 13.8 Å². The molecule has 0 radical (unpaired) electrons. The zero-order chi connectivity index (χ0) is 13.4. The first-order valence-electron chi connectivity index (χ1n) is 5.75. The van der Waals surface area contributed by atoms with Crippen LogP contribution in [0.3, 0.4) is 0 Å². The van der Waals surface area contributed by atoms with Gasteiger partial charge in [-0.05, 0) is 48.7 Å². The molecule has 3 rings (SSSR count). The second-order valence-corrected chi connectivity index (χ2v) is 4.62. The molecule has 3 aromatic rings. The van der Waals surface area contributed by atoms with Crippen LogP contribution in [0.5, 0.6) is 11.6 Å². The summed E-state index contributed by atoms with van der Waals surface area (Å²) < 4.78 is 5.77. The molecule has 96 valence electrons. The van der Waals surface area contributed by atoms with E-state index < -0.39 is 0 Å². The number of aromatic amines is 1. The quantitative estimate of drug-likeness (QED) is 0.727. The molecule has 0 aliphatic rings. The fourth-order valence-corrected chi connectivity index (χ4v) is 1.91. The molecular weight excluding hydrogens is 264 g/mol. The fraction of sp³-hybridized carbons (Fsp3) is 0.154. The minimum absolute atomic E-state index is 0.121. The number of H-pyrrole nitrogens is 1. The van der Waals surface area contributed by atoms with Crippen molar-refractivity contribution >= 4 is 22.6 Å². The number of hydrogen-bond donors (Lipinski definition) is 1. The number of nitrogens with one attached hydrogen (secondary N) is 1. The van der Waals surface area contributed by atoms with Gasteiger partial charge in [-0.2, -0.15) is 15.1 Å². The summed E-state index contributed by atoms with van der Waals surface area (Å²) in [6, 6.07) is 5.85. The molecule has 6 heteroatoms. The van der Waals surface area contributed by atoms with Crippen molar-refractivity contribution < 1.29 is 4.74 Å². The molecule has 2 heterocycles. The monoisotopic (exact) mass is 274 g/mol. The number of nitrogens with zero attached hydrogens (tertiary/aromatic N) is 3. The highest BCUT2D eigenvalue weighted by Gasteiger charge is 2.10. The fourth-order valence-electron chi connectivity index (χ4n) is 1.75. The molecule has 0 saturated carbocycles. The Kier molecular flexibility index (Phi) is 2.83. The van der Waals surface area contributed by atoms with Crippen LogP contribution in [0.15, 0.2) is 24.4 Å². The van der Waals surface area contributed by atoms with Crippen molar-refractivity contribution in [2.75, 3.05) is 0 Å². The minimum atomic E-state index is 0.121. The third kappa shape index (κ3) is 2.24. The first-order valence-corrected chi connectivity index (χ1v) is 6.13. The molecule has 0 amide bonds. The topological polar surface area (TPSA) is 63.7 Å². The first kappa shape index (κ1) is 11.9. The molecule has 5 nitrogen and oxygen atoms in total. The van der Waals surface area contributed by atoms with Gasteiger partial charge >= 0.3 is 0 Å². The van der Waals surface area contributed by atoms with Crippen LogP contribution in [0.4, 0.5) is 0 Å². The predicted molar refractivity (Wildman–Crippen MR) is 72.7 cm³/mol.